The molecular weight excluding hydrogens is 154 g/mol. The van der Waals surface area contributed by atoms with Crippen LogP contribution in [0.3, 0.4) is 0 Å². The van der Waals surface area contributed by atoms with Crippen LogP contribution in [-0.4, -0.2) is 17.2 Å². The lowest BCUT2D eigenvalue weighted by molar-refractivity contribution is 0.304. The summed E-state index contributed by atoms with van der Waals surface area (Å²) in [6.45, 7) is 10.6. The summed E-state index contributed by atoms with van der Waals surface area (Å²) in [5.74, 6) is 1.21. The Morgan fingerprint density at radius 3 is 2.45 bits per heavy atom. The fraction of sp³-hybridized carbons (Fsp3) is 0.778. The van der Waals surface area contributed by atoms with E-state index in [2.05, 4.69) is 32.7 Å². The van der Waals surface area contributed by atoms with Crippen molar-refractivity contribution >= 4 is 11.8 Å². The average Bonchev–Trinajstić information content (AvgIpc) is 2.32. The van der Waals surface area contributed by atoms with E-state index in [0.29, 0.717) is 16.8 Å². The zero-order chi connectivity index (χ0) is 8.48. The van der Waals surface area contributed by atoms with Crippen molar-refractivity contribution in [1.82, 2.24) is 5.32 Å². The van der Waals surface area contributed by atoms with Gasteiger partial charge in [0.05, 0.1) is 5.37 Å². The SMILES string of the molecule is C=CC1NC(C(C)(C)C)CS1. The third-order valence-corrected chi connectivity index (χ3v) is 3.28. The van der Waals surface area contributed by atoms with Gasteiger partial charge in [0.15, 0.2) is 0 Å². The van der Waals surface area contributed by atoms with Crippen molar-refractivity contribution in [1.29, 1.82) is 0 Å². The molecule has 0 amide bonds. The molecule has 0 spiro atoms. The van der Waals surface area contributed by atoms with Gasteiger partial charge >= 0.3 is 0 Å². The highest BCUT2D eigenvalue weighted by atomic mass is 32.2. The van der Waals surface area contributed by atoms with Crippen LogP contribution in [-0.2, 0) is 0 Å². The number of nitrogens with one attached hydrogen (secondary N) is 1. The Balaban J connectivity index is 2.48. The molecule has 0 aliphatic carbocycles. The highest BCUT2D eigenvalue weighted by Crippen LogP contribution is 2.30. The summed E-state index contributed by atoms with van der Waals surface area (Å²) in [4.78, 5) is 0. The number of rotatable bonds is 1. The van der Waals surface area contributed by atoms with Crippen molar-refractivity contribution in [3.8, 4) is 0 Å². The molecule has 0 aromatic rings. The maximum atomic E-state index is 3.78. The number of hydrogen-bond acceptors (Lipinski definition) is 2. The highest BCUT2D eigenvalue weighted by molar-refractivity contribution is 8.00. The minimum atomic E-state index is 0.380. The van der Waals surface area contributed by atoms with E-state index < -0.39 is 0 Å². The monoisotopic (exact) mass is 171 g/mol. The molecule has 0 radical (unpaired) electrons. The van der Waals surface area contributed by atoms with Crippen molar-refractivity contribution in [2.45, 2.75) is 32.2 Å². The van der Waals surface area contributed by atoms with Gasteiger partial charge in [0, 0.05) is 11.8 Å². The zero-order valence-electron chi connectivity index (χ0n) is 7.55. The Bertz CT molecular complexity index is 148. The van der Waals surface area contributed by atoms with Crippen LogP contribution in [0.1, 0.15) is 20.8 Å². The van der Waals surface area contributed by atoms with Crippen LogP contribution in [0.15, 0.2) is 12.7 Å². The fourth-order valence-corrected chi connectivity index (χ4v) is 2.52. The Hall–Kier alpha value is 0.0500. The molecule has 2 heteroatoms. The second-order valence-corrected chi connectivity index (χ2v) is 5.25. The van der Waals surface area contributed by atoms with Crippen LogP contribution in [0.2, 0.25) is 0 Å². The van der Waals surface area contributed by atoms with Crippen LogP contribution in [0.5, 0.6) is 0 Å². The maximum Gasteiger partial charge on any atom is 0.0719 e. The number of hydrogen-bond donors (Lipinski definition) is 1. The average molecular weight is 171 g/mol. The van der Waals surface area contributed by atoms with Crippen LogP contribution < -0.4 is 5.32 Å². The van der Waals surface area contributed by atoms with Gasteiger partial charge in [0.2, 0.25) is 0 Å². The molecule has 64 valence electrons. The van der Waals surface area contributed by atoms with E-state index in [0.717, 1.165) is 0 Å². The van der Waals surface area contributed by atoms with Crippen LogP contribution >= 0.6 is 11.8 Å². The lowest BCUT2D eigenvalue weighted by atomic mass is 9.88. The predicted molar refractivity (Wildman–Crippen MR) is 52.8 cm³/mol. The molecular formula is C9H17NS. The summed E-state index contributed by atoms with van der Waals surface area (Å²) in [5, 5.41) is 4.00. The van der Waals surface area contributed by atoms with Gasteiger partial charge in [-0.05, 0) is 5.41 Å². The van der Waals surface area contributed by atoms with Crippen molar-refractivity contribution in [3.63, 3.8) is 0 Å². The first-order valence-corrected chi connectivity index (χ1v) is 5.09. The summed E-state index contributed by atoms with van der Waals surface area (Å²) in [7, 11) is 0. The van der Waals surface area contributed by atoms with E-state index >= 15 is 0 Å². The Morgan fingerprint density at radius 2 is 2.18 bits per heavy atom. The van der Waals surface area contributed by atoms with Gasteiger partial charge in [-0.1, -0.05) is 26.8 Å². The second kappa shape index (κ2) is 3.20. The molecule has 1 rings (SSSR count). The lowest BCUT2D eigenvalue weighted by Crippen LogP contribution is -2.39. The molecule has 1 aliphatic rings. The zero-order valence-corrected chi connectivity index (χ0v) is 8.37. The second-order valence-electron chi connectivity index (χ2n) is 4.07. The molecule has 1 heterocycles. The standard InChI is InChI=1S/C9H17NS/c1-5-8-10-7(6-11-8)9(2,3)4/h5,7-8,10H,1,6H2,2-4H3. The first-order valence-electron chi connectivity index (χ1n) is 4.04. The Labute approximate surface area is 73.6 Å². The molecule has 0 aromatic carbocycles. The summed E-state index contributed by atoms with van der Waals surface area (Å²) in [6, 6.07) is 0.635. The van der Waals surface area contributed by atoms with Gasteiger partial charge in [-0.3, -0.25) is 5.32 Å². The van der Waals surface area contributed by atoms with E-state index in [1.807, 2.05) is 17.8 Å². The molecule has 2 atom stereocenters. The van der Waals surface area contributed by atoms with E-state index in [1.165, 1.54) is 5.75 Å². The fourth-order valence-electron chi connectivity index (χ4n) is 1.13. The van der Waals surface area contributed by atoms with Crippen molar-refractivity contribution in [2.75, 3.05) is 5.75 Å². The molecule has 0 bridgehead atoms. The largest absolute Gasteiger partial charge is 0.298 e. The van der Waals surface area contributed by atoms with Gasteiger partial charge in [0.1, 0.15) is 0 Å². The van der Waals surface area contributed by atoms with Gasteiger partial charge in [-0.25, -0.2) is 0 Å². The van der Waals surface area contributed by atoms with Gasteiger partial charge in [-0.15, -0.1) is 18.3 Å². The molecule has 11 heavy (non-hydrogen) atoms. The smallest absolute Gasteiger partial charge is 0.0719 e. The van der Waals surface area contributed by atoms with Crippen molar-refractivity contribution < 1.29 is 0 Å². The van der Waals surface area contributed by atoms with Crippen molar-refractivity contribution in [3.05, 3.63) is 12.7 Å². The topological polar surface area (TPSA) is 12.0 Å². The minimum absolute atomic E-state index is 0.380. The van der Waals surface area contributed by atoms with Crippen LogP contribution in [0, 0.1) is 5.41 Å². The van der Waals surface area contributed by atoms with Crippen LogP contribution in [0.4, 0.5) is 0 Å². The molecule has 2 unspecified atom stereocenters. The molecule has 0 aromatic heterocycles. The van der Waals surface area contributed by atoms with Gasteiger partial charge < -0.3 is 0 Å². The summed E-state index contributed by atoms with van der Waals surface area (Å²) < 4.78 is 0. The predicted octanol–water partition coefficient (Wildman–Crippen LogP) is 2.25. The van der Waals surface area contributed by atoms with Gasteiger partial charge in [-0.2, -0.15) is 0 Å². The normalized spacial score (nSPS) is 32.3. The first kappa shape index (κ1) is 9.14. The Morgan fingerprint density at radius 1 is 1.55 bits per heavy atom. The van der Waals surface area contributed by atoms with E-state index in [4.69, 9.17) is 0 Å². The maximum absolute atomic E-state index is 3.78. The molecule has 1 fully saturated rings. The summed E-state index contributed by atoms with van der Waals surface area (Å²) >= 11 is 1.95. The first-order chi connectivity index (χ1) is 5.04. The molecule has 0 saturated carbocycles. The quantitative estimate of drug-likeness (QED) is 0.607. The molecule has 1 aliphatic heterocycles. The van der Waals surface area contributed by atoms with Crippen LogP contribution in [0.25, 0.3) is 0 Å². The highest BCUT2D eigenvalue weighted by Gasteiger charge is 2.31. The van der Waals surface area contributed by atoms with E-state index in [1.54, 1.807) is 0 Å². The Kier molecular flexibility index (Phi) is 2.66. The third kappa shape index (κ3) is 2.24. The van der Waals surface area contributed by atoms with Gasteiger partial charge in [0.25, 0.3) is 0 Å². The molecule has 1 saturated heterocycles. The van der Waals surface area contributed by atoms with E-state index in [-0.39, 0.29) is 0 Å². The summed E-state index contributed by atoms with van der Waals surface area (Å²) in [5.41, 5.74) is 0.380. The third-order valence-electron chi connectivity index (χ3n) is 2.07. The van der Waals surface area contributed by atoms with E-state index in [9.17, 15) is 0 Å². The molecule has 1 N–H and O–H groups in total. The summed E-state index contributed by atoms with van der Waals surface area (Å²) in [6.07, 6.45) is 1.98. The minimum Gasteiger partial charge on any atom is -0.298 e. The number of thioether (sulfide) groups is 1. The lowest BCUT2D eigenvalue weighted by Gasteiger charge is -2.26. The molecule has 1 nitrogen and oxygen atoms in total. The van der Waals surface area contributed by atoms with Crippen molar-refractivity contribution in [2.24, 2.45) is 5.41 Å².